The molecular weight excluding hydrogens is 303 g/mol. The van der Waals surface area contributed by atoms with Crippen LogP contribution in [-0.4, -0.2) is 25.3 Å². The van der Waals surface area contributed by atoms with Gasteiger partial charge < -0.3 is 5.32 Å². The molecule has 0 aromatic heterocycles. The van der Waals surface area contributed by atoms with Crippen LogP contribution < -0.4 is 5.32 Å². The number of nitrogens with one attached hydrogen (secondary N) is 1. The van der Waals surface area contributed by atoms with Gasteiger partial charge in [0.1, 0.15) is 0 Å². The summed E-state index contributed by atoms with van der Waals surface area (Å²) in [6, 6.07) is 4.86. The topological polar surface area (TPSA) is 46.2 Å². The van der Waals surface area contributed by atoms with Crippen molar-refractivity contribution in [3.63, 3.8) is 0 Å². The van der Waals surface area contributed by atoms with Crippen molar-refractivity contribution in [2.24, 2.45) is 0 Å². The van der Waals surface area contributed by atoms with Crippen molar-refractivity contribution in [3.05, 3.63) is 24.3 Å². The van der Waals surface area contributed by atoms with Crippen LogP contribution >= 0.6 is 11.6 Å². The Morgan fingerprint density at radius 1 is 1.21 bits per heavy atom. The van der Waals surface area contributed by atoms with Crippen LogP contribution in [0.5, 0.6) is 0 Å². The van der Waals surface area contributed by atoms with Crippen LogP contribution in [0.4, 0.5) is 18.9 Å². The molecule has 0 atom stereocenters. The molecule has 0 fully saturated rings. The van der Waals surface area contributed by atoms with E-state index in [-0.39, 0.29) is 11.6 Å². The van der Waals surface area contributed by atoms with E-state index in [2.05, 4.69) is 5.32 Å². The van der Waals surface area contributed by atoms with Crippen molar-refractivity contribution in [2.75, 3.05) is 11.2 Å². The van der Waals surface area contributed by atoms with Crippen LogP contribution in [0.25, 0.3) is 0 Å². The van der Waals surface area contributed by atoms with Gasteiger partial charge in [0.15, 0.2) is 0 Å². The number of sulfone groups is 1. The lowest BCUT2D eigenvalue weighted by Crippen LogP contribution is -2.34. The molecule has 19 heavy (non-hydrogen) atoms. The third-order valence-electron chi connectivity index (χ3n) is 2.29. The number of alkyl halides is 4. The lowest BCUT2D eigenvalue weighted by Gasteiger charge is -2.26. The highest BCUT2D eigenvalue weighted by atomic mass is 35.5. The first-order valence-corrected chi connectivity index (χ1v) is 7.27. The molecule has 0 amide bonds. The van der Waals surface area contributed by atoms with Crippen molar-refractivity contribution >= 4 is 27.1 Å². The smallest absolute Gasteiger partial charge is 0.378 e. The minimum absolute atomic E-state index is 0.105. The van der Waals surface area contributed by atoms with Gasteiger partial charge in [-0.2, -0.15) is 13.2 Å². The van der Waals surface area contributed by atoms with Gasteiger partial charge in [-0.05, 0) is 26.0 Å². The lowest BCUT2D eigenvalue weighted by atomic mass is 10.1. The molecule has 8 heteroatoms. The molecule has 0 aliphatic carbocycles. The highest BCUT2D eigenvalue weighted by Crippen LogP contribution is 2.35. The average molecular weight is 316 g/mol. The van der Waals surface area contributed by atoms with Gasteiger partial charge in [0, 0.05) is 11.4 Å². The Balaban J connectivity index is 3.33. The maximum absolute atomic E-state index is 12.6. The van der Waals surface area contributed by atoms with Gasteiger partial charge in [-0.3, -0.25) is 0 Å². The van der Waals surface area contributed by atoms with Crippen molar-refractivity contribution in [1.82, 2.24) is 0 Å². The van der Waals surface area contributed by atoms with Gasteiger partial charge >= 0.3 is 5.51 Å². The second kappa shape index (κ2) is 5.20. The fraction of sp³-hybridized carbons (Fsp3) is 0.455. The molecule has 108 valence electrons. The lowest BCUT2D eigenvalue weighted by molar-refractivity contribution is -0.0435. The predicted octanol–water partition coefficient (Wildman–Crippen LogP) is 3.41. The molecule has 0 aliphatic heterocycles. The summed E-state index contributed by atoms with van der Waals surface area (Å²) in [5, 5.41) is 2.70. The van der Waals surface area contributed by atoms with E-state index in [4.69, 9.17) is 11.6 Å². The molecule has 0 radical (unpaired) electrons. The second-order valence-corrected chi connectivity index (χ2v) is 6.76. The minimum atomic E-state index is -5.39. The summed E-state index contributed by atoms with van der Waals surface area (Å²) in [7, 11) is -5.39. The Hall–Kier alpha value is -0.950. The Labute approximate surface area is 114 Å². The maximum Gasteiger partial charge on any atom is 0.501 e. The SMILES string of the molecule is CC(C)(CCl)Nc1ccccc1S(=O)(=O)C(F)(F)F. The Bertz CT molecular complexity index is 555. The van der Waals surface area contributed by atoms with Gasteiger partial charge in [-0.1, -0.05) is 12.1 Å². The summed E-state index contributed by atoms with van der Waals surface area (Å²) in [6.07, 6.45) is 0. The first-order chi connectivity index (χ1) is 8.51. The van der Waals surface area contributed by atoms with Crippen molar-refractivity contribution < 1.29 is 21.6 Å². The zero-order valence-corrected chi connectivity index (χ0v) is 11.8. The summed E-state index contributed by atoms with van der Waals surface area (Å²) >= 11 is 5.67. The second-order valence-electron chi connectivity index (χ2n) is 4.59. The molecule has 1 rings (SSSR count). The number of benzene rings is 1. The van der Waals surface area contributed by atoms with Crippen LogP contribution in [0.2, 0.25) is 0 Å². The maximum atomic E-state index is 12.6. The number of halogens is 4. The predicted molar refractivity (Wildman–Crippen MR) is 68.1 cm³/mol. The largest absolute Gasteiger partial charge is 0.501 e. The zero-order chi connectivity index (χ0) is 14.9. The fourth-order valence-electron chi connectivity index (χ4n) is 1.33. The molecule has 0 saturated carbocycles. The number of hydrogen-bond acceptors (Lipinski definition) is 3. The van der Waals surface area contributed by atoms with Crippen molar-refractivity contribution in [1.29, 1.82) is 0 Å². The molecule has 0 saturated heterocycles. The average Bonchev–Trinajstić information content (AvgIpc) is 2.27. The number of rotatable bonds is 4. The fourth-order valence-corrected chi connectivity index (χ4v) is 2.31. The van der Waals surface area contributed by atoms with E-state index in [1.165, 1.54) is 18.2 Å². The number of anilines is 1. The highest BCUT2D eigenvalue weighted by molar-refractivity contribution is 7.92. The number of hydrogen-bond donors (Lipinski definition) is 1. The molecular formula is C11H13ClF3NO2S. The van der Waals surface area contributed by atoms with Crippen LogP contribution in [0, 0.1) is 0 Å². The molecule has 0 spiro atoms. The van der Waals surface area contributed by atoms with E-state index in [1.807, 2.05) is 0 Å². The Morgan fingerprint density at radius 2 is 1.74 bits per heavy atom. The third-order valence-corrected chi connectivity index (χ3v) is 4.50. The standard InChI is InChI=1S/C11H13ClF3NO2S/c1-10(2,7-12)16-8-5-3-4-6-9(8)19(17,18)11(13,14)15/h3-6,16H,7H2,1-2H3. The van der Waals surface area contributed by atoms with Crippen molar-refractivity contribution in [2.45, 2.75) is 29.8 Å². The first kappa shape index (κ1) is 16.1. The summed E-state index contributed by atoms with van der Waals surface area (Å²) in [5.74, 6) is 0.105. The van der Waals surface area contributed by atoms with Crippen molar-refractivity contribution in [3.8, 4) is 0 Å². The van der Waals surface area contributed by atoms with E-state index in [9.17, 15) is 21.6 Å². The van der Waals surface area contributed by atoms with E-state index in [0.29, 0.717) is 0 Å². The van der Waals surface area contributed by atoms with Crippen LogP contribution in [0.1, 0.15) is 13.8 Å². The summed E-state index contributed by atoms with van der Waals surface area (Å²) in [6.45, 7) is 3.30. The Kier molecular flexibility index (Phi) is 4.41. The molecule has 3 nitrogen and oxygen atoms in total. The number of para-hydroxylation sites is 1. The molecule has 1 aromatic carbocycles. The van der Waals surface area contributed by atoms with E-state index >= 15 is 0 Å². The van der Waals surface area contributed by atoms with Crippen LogP contribution in [0.15, 0.2) is 29.2 Å². The quantitative estimate of drug-likeness (QED) is 0.866. The highest BCUT2D eigenvalue weighted by Gasteiger charge is 2.48. The molecule has 0 aliphatic rings. The summed E-state index contributed by atoms with van der Waals surface area (Å²) in [4.78, 5) is -0.805. The monoisotopic (exact) mass is 315 g/mol. The third kappa shape index (κ3) is 3.54. The van der Waals surface area contributed by atoms with Gasteiger partial charge in [-0.25, -0.2) is 8.42 Å². The van der Waals surface area contributed by atoms with E-state index in [1.54, 1.807) is 13.8 Å². The molecule has 1 N–H and O–H groups in total. The van der Waals surface area contributed by atoms with Gasteiger partial charge in [0.2, 0.25) is 0 Å². The van der Waals surface area contributed by atoms with Crippen LogP contribution in [-0.2, 0) is 9.84 Å². The van der Waals surface area contributed by atoms with E-state index in [0.717, 1.165) is 6.07 Å². The molecule has 0 bridgehead atoms. The first-order valence-electron chi connectivity index (χ1n) is 5.26. The molecule has 0 unspecified atom stereocenters. The zero-order valence-electron chi connectivity index (χ0n) is 10.3. The van der Waals surface area contributed by atoms with Crippen LogP contribution in [0.3, 0.4) is 0 Å². The Morgan fingerprint density at radius 3 is 2.21 bits per heavy atom. The van der Waals surface area contributed by atoms with Gasteiger partial charge in [0.25, 0.3) is 9.84 Å². The normalized spacial score (nSPS) is 13.4. The summed E-state index contributed by atoms with van der Waals surface area (Å²) < 4.78 is 60.6. The summed E-state index contributed by atoms with van der Waals surface area (Å²) in [5.41, 5.74) is -6.19. The molecule has 0 heterocycles. The van der Waals surface area contributed by atoms with E-state index < -0.39 is 25.8 Å². The minimum Gasteiger partial charge on any atom is -0.378 e. The van der Waals surface area contributed by atoms with Gasteiger partial charge in [-0.15, -0.1) is 11.6 Å². The molecule has 1 aromatic rings. The van der Waals surface area contributed by atoms with Gasteiger partial charge in [0.05, 0.1) is 10.6 Å².